The second-order valence-electron chi connectivity index (χ2n) is 5.79. The van der Waals surface area contributed by atoms with Crippen molar-refractivity contribution in [1.29, 1.82) is 0 Å². The maximum atomic E-state index is 3.50. The van der Waals surface area contributed by atoms with Gasteiger partial charge in [-0.1, -0.05) is 19.8 Å². The Morgan fingerprint density at radius 3 is 2.76 bits per heavy atom. The molecule has 2 rings (SSSR count). The lowest BCUT2D eigenvalue weighted by atomic mass is 10.1. The monoisotopic (exact) mass is 256 g/mol. The Balaban J connectivity index is 1.76. The first kappa shape index (κ1) is 13.7. The molecule has 1 saturated heterocycles. The number of nitrogens with one attached hydrogen (secondary N) is 1. The molecule has 0 radical (unpaired) electrons. The molecule has 0 aromatic heterocycles. The highest BCUT2D eigenvalue weighted by Gasteiger charge is 2.36. The third-order valence-corrected chi connectivity index (χ3v) is 5.92. The first-order valence-corrected chi connectivity index (χ1v) is 8.49. The second-order valence-corrected chi connectivity index (χ2v) is 7.07. The van der Waals surface area contributed by atoms with Crippen LogP contribution in [0.4, 0.5) is 0 Å². The van der Waals surface area contributed by atoms with Crippen LogP contribution in [-0.2, 0) is 0 Å². The lowest BCUT2D eigenvalue weighted by Crippen LogP contribution is -2.38. The van der Waals surface area contributed by atoms with Gasteiger partial charge in [-0.3, -0.25) is 0 Å². The van der Waals surface area contributed by atoms with Crippen LogP contribution in [-0.4, -0.2) is 48.6 Å². The normalized spacial score (nSPS) is 28.9. The van der Waals surface area contributed by atoms with Gasteiger partial charge in [0.25, 0.3) is 0 Å². The average molecular weight is 256 g/mol. The van der Waals surface area contributed by atoms with Gasteiger partial charge in [-0.2, -0.15) is 11.8 Å². The van der Waals surface area contributed by atoms with Crippen molar-refractivity contribution in [1.82, 2.24) is 10.2 Å². The number of thioether (sulfide) groups is 1. The van der Waals surface area contributed by atoms with Crippen molar-refractivity contribution >= 4 is 11.8 Å². The van der Waals surface area contributed by atoms with E-state index in [0.717, 1.165) is 12.5 Å². The Morgan fingerprint density at radius 1 is 1.35 bits per heavy atom. The van der Waals surface area contributed by atoms with Gasteiger partial charge in [-0.05, 0) is 51.1 Å². The predicted octanol–water partition coefficient (Wildman–Crippen LogP) is 2.59. The van der Waals surface area contributed by atoms with E-state index in [2.05, 4.69) is 35.2 Å². The van der Waals surface area contributed by atoms with Gasteiger partial charge in [0.05, 0.1) is 0 Å². The van der Waals surface area contributed by atoms with E-state index in [1.807, 2.05) is 0 Å². The Bertz CT molecular complexity index is 226. The summed E-state index contributed by atoms with van der Waals surface area (Å²) in [6.07, 6.45) is 9.52. The summed E-state index contributed by atoms with van der Waals surface area (Å²) in [5, 5.41) is 3.50. The van der Waals surface area contributed by atoms with E-state index in [4.69, 9.17) is 0 Å². The zero-order valence-electron chi connectivity index (χ0n) is 11.5. The quantitative estimate of drug-likeness (QED) is 0.786. The first-order valence-electron chi connectivity index (χ1n) is 7.26. The lowest BCUT2D eigenvalue weighted by Gasteiger charge is -2.32. The third kappa shape index (κ3) is 3.62. The summed E-state index contributed by atoms with van der Waals surface area (Å²) < 4.78 is 0.604. The molecule has 1 heterocycles. The molecule has 1 unspecified atom stereocenters. The van der Waals surface area contributed by atoms with E-state index in [9.17, 15) is 0 Å². The molecule has 1 aliphatic heterocycles. The Hall–Kier alpha value is 0.270. The molecule has 0 aromatic carbocycles. The van der Waals surface area contributed by atoms with Crippen LogP contribution in [0.25, 0.3) is 0 Å². The Labute approximate surface area is 111 Å². The molecular weight excluding hydrogens is 228 g/mol. The van der Waals surface area contributed by atoms with Gasteiger partial charge in [0, 0.05) is 17.8 Å². The van der Waals surface area contributed by atoms with E-state index in [1.54, 1.807) is 0 Å². The zero-order chi connectivity index (χ0) is 12.1. The van der Waals surface area contributed by atoms with Crippen molar-refractivity contribution in [2.75, 3.05) is 39.0 Å². The number of nitrogens with zero attached hydrogens (tertiary/aromatic N) is 1. The number of likely N-dealkylation sites (tertiary alicyclic amines) is 1. The van der Waals surface area contributed by atoms with E-state index in [-0.39, 0.29) is 0 Å². The standard InChI is InChI=1S/C14H28N2S/c1-3-15-10-13-6-9-16(11-13)12-14(17-2)7-4-5-8-14/h13,15H,3-12H2,1-2H3. The number of hydrogen-bond acceptors (Lipinski definition) is 3. The van der Waals surface area contributed by atoms with Gasteiger partial charge >= 0.3 is 0 Å². The molecule has 0 spiro atoms. The molecule has 0 bridgehead atoms. The fourth-order valence-corrected chi connectivity index (χ4v) is 4.43. The summed E-state index contributed by atoms with van der Waals surface area (Å²) in [7, 11) is 0. The van der Waals surface area contributed by atoms with Crippen molar-refractivity contribution < 1.29 is 0 Å². The van der Waals surface area contributed by atoms with Crippen LogP contribution < -0.4 is 5.32 Å². The minimum atomic E-state index is 0.604. The molecule has 17 heavy (non-hydrogen) atoms. The van der Waals surface area contributed by atoms with Crippen molar-refractivity contribution in [2.24, 2.45) is 5.92 Å². The van der Waals surface area contributed by atoms with Crippen LogP contribution in [0.1, 0.15) is 39.0 Å². The van der Waals surface area contributed by atoms with E-state index in [1.165, 1.54) is 58.3 Å². The summed E-state index contributed by atoms with van der Waals surface area (Å²) in [5.74, 6) is 0.898. The summed E-state index contributed by atoms with van der Waals surface area (Å²) >= 11 is 2.13. The molecular formula is C14H28N2S. The van der Waals surface area contributed by atoms with Crippen molar-refractivity contribution in [3.63, 3.8) is 0 Å². The summed E-state index contributed by atoms with van der Waals surface area (Å²) in [4.78, 5) is 2.73. The molecule has 0 amide bonds. The van der Waals surface area contributed by atoms with Crippen LogP contribution in [0.3, 0.4) is 0 Å². The van der Waals surface area contributed by atoms with Crippen molar-refractivity contribution in [3.05, 3.63) is 0 Å². The Kier molecular flexibility index (Phi) is 5.19. The van der Waals surface area contributed by atoms with Gasteiger partial charge in [0.15, 0.2) is 0 Å². The topological polar surface area (TPSA) is 15.3 Å². The maximum absolute atomic E-state index is 3.50. The SMILES string of the molecule is CCNCC1CCN(CC2(SC)CCCC2)C1. The minimum Gasteiger partial charge on any atom is -0.317 e. The van der Waals surface area contributed by atoms with Gasteiger partial charge < -0.3 is 10.2 Å². The van der Waals surface area contributed by atoms with Crippen LogP contribution in [0.5, 0.6) is 0 Å². The molecule has 2 aliphatic rings. The predicted molar refractivity (Wildman–Crippen MR) is 77.8 cm³/mol. The molecule has 3 heteroatoms. The summed E-state index contributed by atoms with van der Waals surface area (Å²) in [6, 6.07) is 0. The van der Waals surface area contributed by atoms with Crippen molar-refractivity contribution in [2.45, 2.75) is 43.8 Å². The highest BCUT2D eigenvalue weighted by molar-refractivity contribution is 8.00. The number of rotatable bonds is 6. The van der Waals surface area contributed by atoms with Gasteiger partial charge in [0.1, 0.15) is 0 Å². The van der Waals surface area contributed by atoms with Gasteiger partial charge in [-0.25, -0.2) is 0 Å². The molecule has 1 atom stereocenters. The molecule has 1 aliphatic carbocycles. The van der Waals surface area contributed by atoms with Crippen LogP contribution in [0.2, 0.25) is 0 Å². The van der Waals surface area contributed by atoms with E-state index < -0.39 is 0 Å². The second kappa shape index (κ2) is 6.44. The van der Waals surface area contributed by atoms with Crippen LogP contribution in [0.15, 0.2) is 0 Å². The maximum Gasteiger partial charge on any atom is 0.0284 e. The third-order valence-electron chi connectivity index (χ3n) is 4.51. The Morgan fingerprint density at radius 2 is 2.12 bits per heavy atom. The molecule has 0 aromatic rings. The average Bonchev–Trinajstić information content (AvgIpc) is 2.97. The smallest absolute Gasteiger partial charge is 0.0284 e. The first-order chi connectivity index (χ1) is 8.28. The molecule has 1 N–H and O–H groups in total. The van der Waals surface area contributed by atoms with Gasteiger partial charge in [0.2, 0.25) is 0 Å². The highest BCUT2D eigenvalue weighted by Crippen LogP contribution is 2.41. The van der Waals surface area contributed by atoms with E-state index >= 15 is 0 Å². The van der Waals surface area contributed by atoms with Crippen LogP contribution >= 0.6 is 11.8 Å². The summed E-state index contributed by atoms with van der Waals surface area (Å²) in [5.41, 5.74) is 0. The lowest BCUT2D eigenvalue weighted by molar-refractivity contribution is 0.286. The minimum absolute atomic E-state index is 0.604. The molecule has 100 valence electrons. The van der Waals surface area contributed by atoms with Gasteiger partial charge in [-0.15, -0.1) is 0 Å². The van der Waals surface area contributed by atoms with Crippen molar-refractivity contribution in [3.8, 4) is 0 Å². The molecule has 2 nitrogen and oxygen atoms in total. The van der Waals surface area contributed by atoms with Crippen LogP contribution in [0, 0.1) is 5.92 Å². The van der Waals surface area contributed by atoms with E-state index in [0.29, 0.717) is 4.75 Å². The summed E-state index contributed by atoms with van der Waals surface area (Å²) in [6.45, 7) is 8.54. The molecule has 2 fully saturated rings. The zero-order valence-corrected chi connectivity index (χ0v) is 12.3. The highest BCUT2D eigenvalue weighted by atomic mass is 32.2. The fraction of sp³-hybridized carbons (Fsp3) is 1.00. The molecule has 1 saturated carbocycles. The largest absolute Gasteiger partial charge is 0.317 e. The number of hydrogen-bond donors (Lipinski definition) is 1. The fourth-order valence-electron chi connectivity index (χ4n) is 3.43.